The summed E-state index contributed by atoms with van der Waals surface area (Å²) >= 11 is 5.80. The third kappa shape index (κ3) is 20.1. The second kappa shape index (κ2) is 27.1. The fraction of sp³-hybridized carbons (Fsp3) is 0.667. The maximum atomic E-state index is 13.5. The fourth-order valence-electron chi connectivity index (χ4n) is 5.36. The van der Waals surface area contributed by atoms with Gasteiger partial charge in [-0.25, -0.2) is 0 Å². The molecule has 50 heavy (non-hydrogen) atoms. The number of carbonyl (C=O) groups is 5. The highest BCUT2D eigenvalue weighted by Gasteiger charge is 2.29. The van der Waals surface area contributed by atoms with Crippen molar-refractivity contribution in [1.29, 1.82) is 0 Å². The summed E-state index contributed by atoms with van der Waals surface area (Å²) in [5.41, 5.74) is 17.3. The van der Waals surface area contributed by atoms with Crippen molar-refractivity contribution < 1.29 is 24.0 Å². The number of nitrogens with zero attached hydrogens (tertiary/aromatic N) is 1. The number of unbranched alkanes of at least 4 members (excludes halogenated alkanes) is 7. The number of rotatable bonds is 28. The third-order valence-corrected chi connectivity index (χ3v) is 8.45. The van der Waals surface area contributed by atoms with Crippen LogP contribution in [0.3, 0.4) is 0 Å². The number of alkyl halides is 1. The van der Waals surface area contributed by atoms with Gasteiger partial charge in [-0.2, -0.15) is 0 Å². The summed E-state index contributed by atoms with van der Waals surface area (Å²) in [6, 6.07) is 5.56. The number of guanidine groups is 1. The second-order valence-electron chi connectivity index (χ2n) is 12.7. The maximum absolute atomic E-state index is 13.5. The Kier molecular flexibility index (Phi) is 24.0. The van der Waals surface area contributed by atoms with Gasteiger partial charge in [0.05, 0.1) is 6.04 Å². The number of aliphatic imine (C=N–C) groups is 1. The minimum atomic E-state index is -1.03. The van der Waals surface area contributed by atoms with E-state index in [0.29, 0.717) is 32.2 Å². The summed E-state index contributed by atoms with van der Waals surface area (Å²) in [6.45, 7) is 4.37. The Morgan fingerprint density at radius 3 is 1.98 bits per heavy atom. The molecule has 4 atom stereocenters. The van der Waals surface area contributed by atoms with E-state index < -0.39 is 41.9 Å². The minimum Gasteiger partial charge on any atom is -0.370 e. The van der Waals surface area contributed by atoms with Crippen molar-refractivity contribution in [3.05, 3.63) is 35.9 Å². The molecule has 4 amide bonds. The molecular weight excluding hydrogens is 660 g/mol. The quantitative estimate of drug-likeness (QED) is 0.0294. The van der Waals surface area contributed by atoms with E-state index >= 15 is 0 Å². The Bertz CT molecular complexity index is 1180. The van der Waals surface area contributed by atoms with Crippen LogP contribution < -0.4 is 38.5 Å². The van der Waals surface area contributed by atoms with Gasteiger partial charge in [0.1, 0.15) is 18.1 Å². The van der Waals surface area contributed by atoms with Crippen LogP contribution in [0.15, 0.2) is 35.3 Å². The van der Waals surface area contributed by atoms with Crippen LogP contribution in [0.2, 0.25) is 0 Å². The van der Waals surface area contributed by atoms with Crippen LogP contribution >= 0.6 is 11.6 Å². The molecule has 13 nitrogen and oxygen atoms in total. The van der Waals surface area contributed by atoms with Gasteiger partial charge in [0.15, 0.2) is 11.7 Å². The molecule has 14 heteroatoms. The molecule has 1 aromatic rings. The Labute approximate surface area is 303 Å². The summed E-state index contributed by atoms with van der Waals surface area (Å²) in [6.07, 6.45) is 10.3. The van der Waals surface area contributed by atoms with Crippen LogP contribution in [0.5, 0.6) is 0 Å². The van der Waals surface area contributed by atoms with Crippen LogP contribution in [0, 0.1) is 0 Å². The number of hydrogen-bond acceptors (Lipinski definition) is 7. The molecule has 0 aliphatic rings. The summed E-state index contributed by atoms with van der Waals surface area (Å²) in [5.74, 6) is -2.08. The lowest BCUT2D eigenvalue weighted by atomic mass is 10.0. The zero-order valence-corrected chi connectivity index (χ0v) is 30.8. The van der Waals surface area contributed by atoms with Gasteiger partial charge in [-0.1, -0.05) is 75.8 Å². The smallest absolute Gasteiger partial charge is 0.243 e. The van der Waals surface area contributed by atoms with E-state index in [2.05, 4.69) is 33.2 Å². The van der Waals surface area contributed by atoms with Crippen molar-refractivity contribution in [2.75, 3.05) is 19.0 Å². The number of carbonyl (C=O) groups excluding carboxylic acids is 5. The van der Waals surface area contributed by atoms with E-state index in [1.54, 1.807) is 0 Å². The van der Waals surface area contributed by atoms with Gasteiger partial charge in [-0.15, -0.1) is 11.6 Å². The van der Waals surface area contributed by atoms with E-state index in [9.17, 15) is 24.0 Å². The van der Waals surface area contributed by atoms with Gasteiger partial charge in [0, 0.05) is 31.7 Å². The first-order chi connectivity index (χ1) is 24.0. The van der Waals surface area contributed by atoms with E-state index in [1.807, 2.05) is 30.3 Å². The highest BCUT2D eigenvalue weighted by Crippen LogP contribution is 2.11. The Balaban J connectivity index is 2.94. The molecule has 282 valence electrons. The van der Waals surface area contributed by atoms with Gasteiger partial charge < -0.3 is 38.5 Å². The zero-order valence-electron chi connectivity index (χ0n) is 30.0. The number of hydrogen-bond donors (Lipinski definition) is 7. The van der Waals surface area contributed by atoms with Crippen LogP contribution in [0.25, 0.3) is 0 Å². The highest BCUT2D eigenvalue weighted by molar-refractivity contribution is 6.19. The molecule has 0 heterocycles. The number of Topliss-reactive ketones (excluding diaryl/α,β-unsaturated/α-hetero) is 1. The molecule has 1 aromatic carbocycles. The Morgan fingerprint density at radius 2 is 1.34 bits per heavy atom. The first kappa shape index (κ1) is 44.3. The molecule has 0 radical (unpaired) electrons. The van der Waals surface area contributed by atoms with Gasteiger partial charge in [-0.05, 0) is 57.6 Å². The number of nitrogens with two attached hydrogens (primary N) is 3. The number of amides is 4. The average Bonchev–Trinajstić information content (AvgIpc) is 3.08. The molecule has 0 aliphatic carbocycles. The molecule has 0 unspecified atom stereocenters. The molecular formula is C36H61ClN8O5. The average molecular weight is 721 g/mol. The molecule has 0 saturated heterocycles. The van der Waals surface area contributed by atoms with Crippen molar-refractivity contribution >= 4 is 47.0 Å². The molecule has 0 bridgehead atoms. The lowest BCUT2D eigenvalue weighted by molar-refractivity contribution is -0.134. The van der Waals surface area contributed by atoms with Crippen molar-refractivity contribution in [3.63, 3.8) is 0 Å². The fourth-order valence-corrected chi connectivity index (χ4v) is 5.55. The normalized spacial score (nSPS) is 13.3. The summed E-state index contributed by atoms with van der Waals surface area (Å²) < 4.78 is 0. The van der Waals surface area contributed by atoms with E-state index in [1.165, 1.54) is 26.2 Å². The Hall–Kier alpha value is -3.71. The molecule has 10 N–H and O–H groups in total. The standard InChI is InChI=1S/C36H61ClN8O5/c1-3-4-5-6-7-8-12-20-32(47)43-30(25-27-16-10-9-11-17-27)35(50)42-26(2)33(48)45-29(18-13-14-23-38)34(49)44-28(31(46)21-22-37)19-15-24-41-36(39)40/h9-11,16-17,26,28-30H,3-8,12-15,18-25,38H2,1-2H3,(H,42,50)(H,43,47)(H,44,49)(H,45,48)(H4,39,40,41)/t26-,28-,29-,30-/m0/s1. The first-order valence-corrected chi connectivity index (χ1v) is 18.6. The topological polar surface area (TPSA) is 224 Å². The molecule has 0 aromatic heterocycles. The maximum Gasteiger partial charge on any atom is 0.243 e. The minimum absolute atomic E-state index is 0.0573. The van der Waals surface area contributed by atoms with Crippen LogP contribution in [-0.2, 0) is 30.4 Å². The van der Waals surface area contributed by atoms with Crippen LogP contribution in [0.1, 0.15) is 109 Å². The van der Waals surface area contributed by atoms with Crippen molar-refractivity contribution in [2.45, 2.75) is 134 Å². The van der Waals surface area contributed by atoms with E-state index in [0.717, 1.165) is 31.2 Å². The first-order valence-electron chi connectivity index (χ1n) is 18.1. The van der Waals surface area contributed by atoms with Crippen molar-refractivity contribution in [3.8, 4) is 0 Å². The van der Waals surface area contributed by atoms with Crippen molar-refractivity contribution in [2.24, 2.45) is 22.2 Å². The van der Waals surface area contributed by atoms with Crippen LogP contribution in [-0.4, -0.2) is 78.5 Å². The predicted octanol–water partition coefficient (Wildman–Crippen LogP) is 2.71. The molecule has 0 aliphatic heterocycles. The highest BCUT2D eigenvalue weighted by atomic mass is 35.5. The van der Waals surface area contributed by atoms with Gasteiger partial charge >= 0.3 is 0 Å². The third-order valence-electron chi connectivity index (χ3n) is 8.27. The SMILES string of the molecule is CCCCCCCCCC(=O)N[C@@H](Cc1ccccc1)C(=O)N[C@@H](C)C(=O)N[C@@H](CCCCN)C(=O)N[C@@H](CCCN=C(N)N)C(=O)CCCl. The summed E-state index contributed by atoms with van der Waals surface area (Å²) in [7, 11) is 0. The van der Waals surface area contributed by atoms with E-state index in [-0.39, 0.29) is 55.8 Å². The molecule has 0 saturated carbocycles. The van der Waals surface area contributed by atoms with Gasteiger partial charge in [-0.3, -0.25) is 29.0 Å². The lowest BCUT2D eigenvalue weighted by Gasteiger charge is -2.25. The number of benzene rings is 1. The molecule has 0 spiro atoms. The summed E-state index contributed by atoms with van der Waals surface area (Å²) in [5, 5.41) is 11.1. The lowest BCUT2D eigenvalue weighted by Crippen LogP contribution is -2.57. The van der Waals surface area contributed by atoms with Crippen molar-refractivity contribution in [1.82, 2.24) is 21.3 Å². The Morgan fingerprint density at radius 1 is 0.720 bits per heavy atom. The number of ketones is 1. The predicted molar refractivity (Wildman–Crippen MR) is 199 cm³/mol. The number of nitrogens with one attached hydrogen (secondary N) is 4. The van der Waals surface area contributed by atoms with Crippen LogP contribution in [0.4, 0.5) is 0 Å². The summed E-state index contributed by atoms with van der Waals surface area (Å²) in [4.78, 5) is 69.8. The van der Waals surface area contributed by atoms with E-state index in [4.69, 9.17) is 28.8 Å². The van der Waals surface area contributed by atoms with Gasteiger partial charge in [0.2, 0.25) is 23.6 Å². The van der Waals surface area contributed by atoms with Gasteiger partial charge in [0.25, 0.3) is 0 Å². The second-order valence-corrected chi connectivity index (χ2v) is 13.1. The molecule has 0 fully saturated rings. The number of halogens is 1. The zero-order chi connectivity index (χ0) is 37.1. The largest absolute Gasteiger partial charge is 0.370 e. The molecule has 1 rings (SSSR count). The monoisotopic (exact) mass is 720 g/mol.